The Morgan fingerprint density at radius 3 is 2.55 bits per heavy atom. The highest BCUT2D eigenvalue weighted by molar-refractivity contribution is 5.99. The van der Waals surface area contributed by atoms with Crippen LogP contribution in [0.25, 0.3) is 10.9 Å². The number of hydrazine groups is 1. The van der Waals surface area contributed by atoms with Gasteiger partial charge in [-0.1, -0.05) is 6.07 Å². The van der Waals surface area contributed by atoms with Gasteiger partial charge in [0.05, 0.1) is 5.52 Å². The molecule has 2 rings (SSSR count). The lowest BCUT2D eigenvalue weighted by atomic mass is 10.1. The first-order valence-electron chi connectivity index (χ1n) is 6.17. The van der Waals surface area contributed by atoms with Gasteiger partial charge >= 0.3 is 6.09 Å². The summed E-state index contributed by atoms with van der Waals surface area (Å²) < 4.78 is 6.68. The molecule has 0 fully saturated rings. The van der Waals surface area contributed by atoms with Crippen LogP contribution in [0.1, 0.15) is 31.1 Å². The first kappa shape index (κ1) is 14.1. The maximum Gasteiger partial charge on any atom is 0.418 e. The van der Waals surface area contributed by atoms with Crippen molar-refractivity contribution in [3.8, 4) is 0 Å². The van der Waals surface area contributed by atoms with Crippen LogP contribution in [0.2, 0.25) is 0 Å². The summed E-state index contributed by atoms with van der Waals surface area (Å²) in [5.41, 5.74) is 2.45. The highest BCUT2D eigenvalue weighted by Gasteiger charge is 2.19. The fraction of sp³-hybridized carbons (Fsp3) is 0.286. The molecule has 1 aromatic carbocycles. The minimum absolute atomic E-state index is 0.378. The fourth-order valence-electron chi connectivity index (χ4n) is 1.82. The molecular formula is C14H17N3O3. The second kappa shape index (κ2) is 4.97. The molecule has 6 heteroatoms. The summed E-state index contributed by atoms with van der Waals surface area (Å²) >= 11 is 0. The van der Waals surface area contributed by atoms with Crippen molar-refractivity contribution in [3.05, 3.63) is 36.0 Å². The van der Waals surface area contributed by atoms with E-state index in [1.54, 1.807) is 51.2 Å². The van der Waals surface area contributed by atoms with E-state index in [-0.39, 0.29) is 0 Å². The Labute approximate surface area is 116 Å². The first-order valence-corrected chi connectivity index (χ1v) is 6.17. The maximum atomic E-state index is 12.1. The van der Waals surface area contributed by atoms with E-state index in [4.69, 9.17) is 10.6 Å². The molecule has 20 heavy (non-hydrogen) atoms. The van der Waals surface area contributed by atoms with Gasteiger partial charge in [-0.15, -0.1) is 0 Å². The Bertz CT molecular complexity index is 668. The van der Waals surface area contributed by atoms with Crippen LogP contribution in [0, 0.1) is 0 Å². The van der Waals surface area contributed by atoms with Crippen LogP contribution in [0.15, 0.2) is 30.5 Å². The number of hydrogen-bond donors (Lipinski definition) is 2. The molecule has 1 aromatic heterocycles. The molecule has 6 nitrogen and oxygen atoms in total. The van der Waals surface area contributed by atoms with Gasteiger partial charge in [-0.3, -0.25) is 14.8 Å². The van der Waals surface area contributed by atoms with Crippen LogP contribution in [-0.4, -0.2) is 22.2 Å². The molecule has 0 atom stereocenters. The number of nitrogens with one attached hydrogen (secondary N) is 1. The maximum absolute atomic E-state index is 12.1. The fourth-order valence-corrected chi connectivity index (χ4v) is 1.82. The first-order chi connectivity index (χ1) is 9.31. The molecule has 0 radical (unpaired) electrons. The molecule has 0 bridgehead atoms. The molecule has 0 saturated heterocycles. The van der Waals surface area contributed by atoms with Gasteiger partial charge in [0.15, 0.2) is 0 Å². The molecule has 3 N–H and O–H groups in total. The average Bonchev–Trinajstić information content (AvgIpc) is 2.78. The molecule has 106 valence electrons. The summed E-state index contributed by atoms with van der Waals surface area (Å²) in [5, 5.41) is 0.837. The van der Waals surface area contributed by atoms with Gasteiger partial charge in [0.2, 0.25) is 0 Å². The third-order valence-electron chi connectivity index (χ3n) is 2.68. The Balaban J connectivity index is 2.44. The van der Waals surface area contributed by atoms with Crippen molar-refractivity contribution < 1.29 is 14.3 Å². The van der Waals surface area contributed by atoms with Crippen LogP contribution in [-0.2, 0) is 4.74 Å². The Hall–Kier alpha value is -2.34. The largest absolute Gasteiger partial charge is 0.443 e. The van der Waals surface area contributed by atoms with Crippen LogP contribution >= 0.6 is 0 Å². The molecule has 1 heterocycles. The lowest BCUT2D eigenvalue weighted by Gasteiger charge is -2.19. The molecule has 0 aliphatic heterocycles. The predicted octanol–water partition coefficient (Wildman–Crippen LogP) is 2.03. The Kier molecular flexibility index (Phi) is 3.50. The molecule has 2 aromatic rings. The number of nitrogens with two attached hydrogens (primary N) is 1. The van der Waals surface area contributed by atoms with Gasteiger partial charge in [-0.2, -0.15) is 0 Å². The van der Waals surface area contributed by atoms with E-state index in [9.17, 15) is 9.59 Å². The van der Waals surface area contributed by atoms with Gasteiger partial charge in [0.1, 0.15) is 5.60 Å². The number of carbonyl (C=O) groups excluding carboxylic acids is 2. The molecule has 0 aliphatic carbocycles. The zero-order chi connectivity index (χ0) is 14.9. The minimum atomic E-state index is -0.583. The van der Waals surface area contributed by atoms with Gasteiger partial charge in [0.25, 0.3) is 5.91 Å². The van der Waals surface area contributed by atoms with E-state index in [0.717, 1.165) is 5.39 Å². The predicted molar refractivity (Wildman–Crippen MR) is 75.2 cm³/mol. The molecule has 1 amide bonds. The summed E-state index contributed by atoms with van der Waals surface area (Å²) in [4.78, 5) is 23.6. The topological polar surface area (TPSA) is 86.3 Å². The number of fused-ring (bicyclic) bond motifs is 1. The summed E-state index contributed by atoms with van der Waals surface area (Å²) in [5.74, 6) is 4.69. The van der Waals surface area contributed by atoms with Crippen LogP contribution in [0.5, 0.6) is 0 Å². The Morgan fingerprint density at radius 2 is 1.95 bits per heavy atom. The number of nitrogens with zero attached hydrogens (tertiary/aromatic N) is 1. The number of aromatic nitrogens is 1. The number of amides is 1. The van der Waals surface area contributed by atoms with E-state index in [1.807, 2.05) is 0 Å². The third-order valence-corrected chi connectivity index (χ3v) is 2.68. The number of benzene rings is 1. The normalized spacial score (nSPS) is 11.4. The molecule has 0 saturated carbocycles. The lowest BCUT2D eigenvalue weighted by molar-refractivity contribution is 0.0544. The monoisotopic (exact) mass is 275 g/mol. The number of rotatable bonds is 1. The third kappa shape index (κ3) is 2.80. The van der Waals surface area contributed by atoms with Crippen molar-refractivity contribution in [3.63, 3.8) is 0 Å². The van der Waals surface area contributed by atoms with Crippen molar-refractivity contribution in [2.24, 2.45) is 5.84 Å². The van der Waals surface area contributed by atoms with Gasteiger partial charge in [-0.05, 0) is 39.0 Å². The van der Waals surface area contributed by atoms with E-state index < -0.39 is 17.6 Å². The van der Waals surface area contributed by atoms with Gasteiger partial charge < -0.3 is 4.74 Å². The number of ether oxygens (including phenoxy) is 1. The summed E-state index contributed by atoms with van der Waals surface area (Å²) in [7, 11) is 0. The van der Waals surface area contributed by atoms with Crippen molar-refractivity contribution >= 4 is 22.9 Å². The van der Waals surface area contributed by atoms with Crippen molar-refractivity contribution in [2.45, 2.75) is 26.4 Å². The number of carbonyl (C=O) groups is 2. The SMILES string of the molecule is CC(C)(C)OC(=O)n1ccc2ccc(C(=O)NN)cc21. The molecule has 0 spiro atoms. The number of hydrogen-bond acceptors (Lipinski definition) is 4. The van der Waals surface area contributed by atoms with Crippen LogP contribution < -0.4 is 11.3 Å². The molecule has 0 unspecified atom stereocenters. The van der Waals surface area contributed by atoms with Crippen LogP contribution in [0.4, 0.5) is 4.79 Å². The van der Waals surface area contributed by atoms with E-state index >= 15 is 0 Å². The smallest absolute Gasteiger partial charge is 0.418 e. The highest BCUT2D eigenvalue weighted by atomic mass is 16.6. The summed E-state index contributed by atoms with van der Waals surface area (Å²) in [6, 6.07) is 6.77. The average molecular weight is 275 g/mol. The van der Waals surface area contributed by atoms with Gasteiger partial charge in [-0.25, -0.2) is 10.6 Å². The summed E-state index contributed by atoms with van der Waals surface area (Å²) in [6.45, 7) is 5.39. The van der Waals surface area contributed by atoms with Crippen molar-refractivity contribution in [1.29, 1.82) is 0 Å². The zero-order valence-electron chi connectivity index (χ0n) is 11.6. The standard InChI is InChI=1S/C14H17N3O3/c1-14(2,3)20-13(19)17-7-6-9-4-5-10(8-11(9)17)12(18)16-15/h4-8H,15H2,1-3H3,(H,16,18). The quantitative estimate of drug-likeness (QED) is 0.473. The highest BCUT2D eigenvalue weighted by Crippen LogP contribution is 2.19. The van der Waals surface area contributed by atoms with E-state index in [0.29, 0.717) is 11.1 Å². The minimum Gasteiger partial charge on any atom is -0.443 e. The van der Waals surface area contributed by atoms with E-state index in [1.165, 1.54) is 4.57 Å². The molecule has 0 aliphatic rings. The number of nitrogen functional groups attached to an aromatic ring is 1. The second-order valence-electron chi connectivity index (χ2n) is 5.41. The van der Waals surface area contributed by atoms with E-state index in [2.05, 4.69) is 5.43 Å². The van der Waals surface area contributed by atoms with Crippen LogP contribution in [0.3, 0.4) is 0 Å². The summed E-state index contributed by atoms with van der Waals surface area (Å²) in [6.07, 6.45) is 1.13. The van der Waals surface area contributed by atoms with Gasteiger partial charge in [0, 0.05) is 17.1 Å². The van der Waals surface area contributed by atoms with Crippen molar-refractivity contribution in [1.82, 2.24) is 9.99 Å². The zero-order valence-corrected chi connectivity index (χ0v) is 11.6. The lowest BCUT2D eigenvalue weighted by Crippen LogP contribution is -2.30. The van der Waals surface area contributed by atoms with Crippen molar-refractivity contribution in [2.75, 3.05) is 0 Å². The Morgan fingerprint density at radius 1 is 1.25 bits per heavy atom. The second-order valence-corrected chi connectivity index (χ2v) is 5.41. The molecular weight excluding hydrogens is 258 g/mol.